The molecule has 0 saturated heterocycles. The summed E-state index contributed by atoms with van der Waals surface area (Å²) in [4.78, 5) is 15.3. The first kappa shape index (κ1) is 14.4. The van der Waals surface area contributed by atoms with E-state index in [1.807, 2.05) is 41.8 Å². The number of carboxylic acid groups (broad SMARTS) is 1. The predicted molar refractivity (Wildman–Crippen MR) is 84.4 cm³/mol. The molecule has 22 heavy (non-hydrogen) atoms. The second-order valence-electron chi connectivity index (χ2n) is 4.94. The van der Waals surface area contributed by atoms with E-state index in [-0.39, 0.29) is 0 Å². The van der Waals surface area contributed by atoms with E-state index >= 15 is 0 Å². The molecule has 0 fully saturated rings. The van der Waals surface area contributed by atoms with Gasteiger partial charge in [-0.1, -0.05) is 23.7 Å². The summed E-state index contributed by atoms with van der Waals surface area (Å²) in [6.07, 6.45) is 4.36. The zero-order chi connectivity index (χ0) is 15.7. The van der Waals surface area contributed by atoms with Crippen LogP contribution in [0.5, 0.6) is 0 Å². The Morgan fingerprint density at radius 1 is 1.27 bits per heavy atom. The van der Waals surface area contributed by atoms with Crippen LogP contribution >= 0.6 is 11.6 Å². The third-order valence-corrected chi connectivity index (χ3v) is 3.57. The summed E-state index contributed by atoms with van der Waals surface area (Å²) in [5.41, 5.74) is 4.07. The number of fused-ring (bicyclic) bond motifs is 1. The summed E-state index contributed by atoms with van der Waals surface area (Å²) in [6.45, 7) is 1.98. The largest absolute Gasteiger partial charge is 0.545 e. The van der Waals surface area contributed by atoms with Crippen molar-refractivity contribution in [3.63, 3.8) is 0 Å². The van der Waals surface area contributed by atoms with Crippen molar-refractivity contribution in [3.8, 4) is 11.3 Å². The van der Waals surface area contributed by atoms with Gasteiger partial charge in [-0.15, -0.1) is 0 Å². The highest BCUT2D eigenvalue weighted by molar-refractivity contribution is 6.30. The van der Waals surface area contributed by atoms with Gasteiger partial charge in [0.25, 0.3) is 0 Å². The normalized spacial score (nSPS) is 11.4. The van der Waals surface area contributed by atoms with E-state index in [9.17, 15) is 9.90 Å². The number of pyridine rings is 1. The Hall–Kier alpha value is -2.59. The van der Waals surface area contributed by atoms with Crippen LogP contribution in [-0.2, 0) is 4.79 Å². The van der Waals surface area contributed by atoms with Crippen molar-refractivity contribution in [2.24, 2.45) is 0 Å². The molecular formula is C17H12ClN2O2-. The topological polar surface area (TPSA) is 57.4 Å². The van der Waals surface area contributed by atoms with Gasteiger partial charge in [0.1, 0.15) is 5.65 Å². The van der Waals surface area contributed by atoms with E-state index in [1.165, 1.54) is 6.08 Å². The van der Waals surface area contributed by atoms with Gasteiger partial charge in [-0.2, -0.15) is 0 Å². The molecule has 0 amide bonds. The molecule has 0 spiro atoms. The molecular weight excluding hydrogens is 300 g/mol. The second kappa shape index (κ2) is 5.66. The first-order chi connectivity index (χ1) is 10.5. The number of rotatable bonds is 3. The molecule has 0 atom stereocenters. The number of hydrogen-bond acceptors (Lipinski definition) is 3. The Morgan fingerprint density at radius 3 is 2.68 bits per heavy atom. The van der Waals surface area contributed by atoms with Gasteiger partial charge in [-0.25, -0.2) is 4.98 Å². The first-order valence-corrected chi connectivity index (χ1v) is 7.06. The molecule has 1 aromatic carbocycles. The summed E-state index contributed by atoms with van der Waals surface area (Å²) in [5, 5.41) is 11.4. The van der Waals surface area contributed by atoms with Gasteiger partial charge in [0.05, 0.1) is 17.4 Å². The van der Waals surface area contributed by atoms with Crippen molar-refractivity contribution < 1.29 is 9.90 Å². The molecule has 0 aliphatic carbocycles. The number of carbonyl (C=O) groups is 1. The van der Waals surface area contributed by atoms with Crippen LogP contribution in [-0.4, -0.2) is 15.4 Å². The summed E-state index contributed by atoms with van der Waals surface area (Å²) in [6, 6.07) is 11.1. The van der Waals surface area contributed by atoms with Crippen LogP contribution in [0.15, 0.2) is 48.7 Å². The van der Waals surface area contributed by atoms with Gasteiger partial charge in [-0.3, -0.25) is 4.40 Å². The highest BCUT2D eigenvalue weighted by Crippen LogP contribution is 2.27. The molecule has 0 bridgehead atoms. The number of halogens is 1. The molecule has 0 aliphatic heterocycles. The van der Waals surface area contributed by atoms with Crippen molar-refractivity contribution in [1.29, 1.82) is 0 Å². The van der Waals surface area contributed by atoms with Crippen LogP contribution in [0.25, 0.3) is 23.0 Å². The van der Waals surface area contributed by atoms with E-state index in [0.717, 1.165) is 22.9 Å². The summed E-state index contributed by atoms with van der Waals surface area (Å²) >= 11 is 5.92. The summed E-state index contributed by atoms with van der Waals surface area (Å²) in [5.74, 6) is -1.25. The monoisotopic (exact) mass is 311 g/mol. The lowest BCUT2D eigenvalue weighted by Crippen LogP contribution is -2.18. The maximum atomic E-state index is 10.7. The minimum Gasteiger partial charge on any atom is -0.545 e. The molecule has 3 aromatic rings. The second-order valence-corrected chi connectivity index (χ2v) is 5.37. The standard InChI is InChI=1S/C17H13ClN2O2/c1-11-8-9-20-14(6-7-16(21)22)17(19-15(20)10-11)12-2-4-13(18)5-3-12/h2-10H,1H3,(H,21,22)/p-1/b7-6+. The highest BCUT2D eigenvalue weighted by Gasteiger charge is 2.12. The number of hydrogen-bond donors (Lipinski definition) is 0. The smallest absolute Gasteiger partial charge is 0.138 e. The van der Waals surface area contributed by atoms with E-state index < -0.39 is 5.97 Å². The molecule has 4 nitrogen and oxygen atoms in total. The lowest BCUT2D eigenvalue weighted by Gasteiger charge is -2.02. The minimum atomic E-state index is -1.25. The fourth-order valence-electron chi connectivity index (χ4n) is 2.29. The van der Waals surface area contributed by atoms with E-state index in [1.54, 1.807) is 12.1 Å². The summed E-state index contributed by atoms with van der Waals surface area (Å²) < 4.78 is 1.84. The Morgan fingerprint density at radius 2 is 2.00 bits per heavy atom. The zero-order valence-electron chi connectivity index (χ0n) is 11.8. The fraction of sp³-hybridized carbons (Fsp3) is 0.0588. The summed E-state index contributed by atoms with van der Waals surface area (Å²) in [7, 11) is 0. The number of carboxylic acids is 1. The first-order valence-electron chi connectivity index (χ1n) is 6.68. The van der Waals surface area contributed by atoms with Crippen LogP contribution < -0.4 is 5.11 Å². The Labute approximate surface area is 132 Å². The Balaban J connectivity index is 2.25. The lowest BCUT2D eigenvalue weighted by molar-refractivity contribution is -0.297. The lowest BCUT2D eigenvalue weighted by atomic mass is 10.1. The van der Waals surface area contributed by atoms with Crippen LogP contribution in [0.2, 0.25) is 5.02 Å². The number of aromatic nitrogens is 2. The number of aryl methyl sites for hydroxylation is 1. The molecule has 0 radical (unpaired) electrons. The Kier molecular flexibility index (Phi) is 3.69. The van der Waals surface area contributed by atoms with Crippen LogP contribution in [0.4, 0.5) is 0 Å². The van der Waals surface area contributed by atoms with Crippen LogP contribution in [0.3, 0.4) is 0 Å². The van der Waals surface area contributed by atoms with Crippen molar-refractivity contribution in [2.75, 3.05) is 0 Å². The molecule has 0 unspecified atom stereocenters. The van der Waals surface area contributed by atoms with E-state index in [4.69, 9.17) is 11.6 Å². The third-order valence-electron chi connectivity index (χ3n) is 3.31. The number of aliphatic carboxylic acids is 1. The molecule has 0 aliphatic rings. The number of benzene rings is 1. The van der Waals surface area contributed by atoms with Gasteiger partial charge in [0, 0.05) is 16.8 Å². The van der Waals surface area contributed by atoms with Crippen molar-refractivity contribution >= 4 is 29.3 Å². The van der Waals surface area contributed by atoms with Gasteiger partial charge >= 0.3 is 0 Å². The van der Waals surface area contributed by atoms with Gasteiger partial charge in [0.2, 0.25) is 0 Å². The van der Waals surface area contributed by atoms with Crippen molar-refractivity contribution in [2.45, 2.75) is 6.92 Å². The zero-order valence-corrected chi connectivity index (χ0v) is 12.5. The average Bonchev–Trinajstić information content (AvgIpc) is 2.83. The fourth-order valence-corrected chi connectivity index (χ4v) is 2.42. The van der Waals surface area contributed by atoms with Gasteiger partial charge in [-0.05, 0) is 48.9 Å². The molecule has 2 aromatic heterocycles. The van der Waals surface area contributed by atoms with Crippen LogP contribution in [0, 0.1) is 6.92 Å². The maximum Gasteiger partial charge on any atom is 0.138 e. The number of carbonyl (C=O) groups excluding carboxylic acids is 1. The minimum absolute atomic E-state index is 0.634. The van der Waals surface area contributed by atoms with Crippen LogP contribution in [0.1, 0.15) is 11.3 Å². The quantitative estimate of drug-likeness (QED) is 0.699. The van der Waals surface area contributed by atoms with E-state index in [2.05, 4.69) is 4.98 Å². The van der Waals surface area contributed by atoms with Crippen molar-refractivity contribution in [3.05, 3.63) is 65.0 Å². The Bertz CT molecular complexity index is 880. The third kappa shape index (κ3) is 2.73. The molecule has 0 N–H and O–H groups in total. The molecule has 0 saturated carbocycles. The van der Waals surface area contributed by atoms with E-state index in [0.29, 0.717) is 16.4 Å². The van der Waals surface area contributed by atoms with Gasteiger partial charge in [0.15, 0.2) is 0 Å². The molecule has 5 heteroatoms. The molecule has 3 rings (SSSR count). The van der Waals surface area contributed by atoms with Crippen molar-refractivity contribution in [1.82, 2.24) is 9.38 Å². The molecule has 110 valence electrons. The van der Waals surface area contributed by atoms with Gasteiger partial charge < -0.3 is 9.90 Å². The SMILES string of the molecule is Cc1ccn2c(/C=C/C(=O)[O-])c(-c3ccc(Cl)cc3)nc2c1. The number of imidazole rings is 1. The average molecular weight is 312 g/mol. The predicted octanol–water partition coefficient (Wildman–Crippen LogP) is 2.73. The highest BCUT2D eigenvalue weighted by atomic mass is 35.5. The maximum absolute atomic E-state index is 10.7. The molecule has 2 heterocycles. The number of nitrogens with zero attached hydrogens (tertiary/aromatic N) is 2.